The quantitative estimate of drug-likeness (QED) is 0.318. The van der Waals surface area contributed by atoms with Crippen LogP contribution in [-0.4, -0.2) is 53.5 Å². The Hall–Kier alpha value is -3.88. The number of nitrogens with zero attached hydrogens (tertiary/aromatic N) is 1. The van der Waals surface area contributed by atoms with Crippen LogP contribution in [0.3, 0.4) is 0 Å². The van der Waals surface area contributed by atoms with Crippen LogP contribution in [0.15, 0.2) is 66.7 Å². The van der Waals surface area contributed by atoms with Gasteiger partial charge in [0.15, 0.2) is 0 Å². The molecule has 39 heavy (non-hydrogen) atoms. The fraction of sp³-hybridized carbons (Fsp3) is 0.258. The largest absolute Gasteiger partial charge is 0.457 e. The summed E-state index contributed by atoms with van der Waals surface area (Å²) in [4.78, 5) is 38.8. The number of nitrogens with one attached hydrogen (secondary N) is 1. The maximum Gasteiger partial charge on any atom is 0.286 e. The summed E-state index contributed by atoms with van der Waals surface area (Å²) in [6.45, 7) is 6.31. The number of carbonyl (C=O) groups excluding carboxylic acids is 3. The van der Waals surface area contributed by atoms with Gasteiger partial charge in [-0.25, -0.2) is 0 Å². The van der Waals surface area contributed by atoms with E-state index in [1.165, 1.54) is 0 Å². The standard InChI is InChI=1S/C31H30N2O5S/c1-20-14-21(2)16-23(15-20)18-27(30(35)33-10-12-37-13-11-33)24-6-8-25(9-7-24)38-26-5-3-4-22(17-26)19-28-29(34)32-31(36)39-28/h3-9,14-18,28H,10-13,19H2,1-2H3,(H,32,34,36). The summed E-state index contributed by atoms with van der Waals surface area (Å²) < 4.78 is 11.5. The van der Waals surface area contributed by atoms with Crippen LogP contribution < -0.4 is 10.1 Å². The maximum atomic E-state index is 13.6. The van der Waals surface area contributed by atoms with Gasteiger partial charge in [-0.2, -0.15) is 0 Å². The third kappa shape index (κ3) is 6.77. The van der Waals surface area contributed by atoms with Crippen molar-refractivity contribution >= 4 is 40.5 Å². The molecule has 2 fully saturated rings. The molecule has 2 aliphatic rings. The number of thioether (sulfide) groups is 1. The summed E-state index contributed by atoms with van der Waals surface area (Å²) in [5.41, 5.74) is 5.60. The lowest BCUT2D eigenvalue weighted by Gasteiger charge is -2.28. The Morgan fingerprint density at radius 2 is 1.72 bits per heavy atom. The van der Waals surface area contributed by atoms with E-state index >= 15 is 0 Å². The molecule has 200 valence electrons. The number of carbonyl (C=O) groups is 3. The zero-order chi connectivity index (χ0) is 27.4. The Morgan fingerprint density at radius 3 is 2.38 bits per heavy atom. The zero-order valence-corrected chi connectivity index (χ0v) is 22.8. The molecule has 5 rings (SSSR count). The number of hydrogen-bond donors (Lipinski definition) is 1. The van der Waals surface area contributed by atoms with Gasteiger partial charge in [-0.1, -0.05) is 65.4 Å². The summed E-state index contributed by atoms with van der Waals surface area (Å²) >= 11 is 1.01. The lowest BCUT2D eigenvalue weighted by atomic mass is 9.99. The van der Waals surface area contributed by atoms with Crippen molar-refractivity contribution in [1.82, 2.24) is 10.2 Å². The Balaban J connectivity index is 1.36. The lowest BCUT2D eigenvalue weighted by molar-refractivity contribution is -0.128. The molecule has 2 aliphatic heterocycles. The molecule has 1 atom stereocenters. The molecular weight excluding hydrogens is 512 g/mol. The van der Waals surface area contributed by atoms with Crippen molar-refractivity contribution in [3.8, 4) is 11.5 Å². The van der Waals surface area contributed by atoms with E-state index in [1.807, 2.05) is 59.5 Å². The fourth-order valence-electron chi connectivity index (χ4n) is 4.78. The average molecular weight is 543 g/mol. The first kappa shape index (κ1) is 26.7. The second kappa shape index (κ2) is 11.9. The predicted octanol–water partition coefficient (Wildman–Crippen LogP) is 5.39. The van der Waals surface area contributed by atoms with Crippen LogP contribution in [0.1, 0.15) is 27.8 Å². The summed E-state index contributed by atoms with van der Waals surface area (Å²) in [6.07, 6.45) is 2.40. The predicted molar refractivity (Wildman–Crippen MR) is 153 cm³/mol. The molecule has 0 radical (unpaired) electrons. The van der Waals surface area contributed by atoms with Gasteiger partial charge in [0, 0.05) is 18.7 Å². The highest BCUT2D eigenvalue weighted by molar-refractivity contribution is 8.15. The lowest BCUT2D eigenvalue weighted by Crippen LogP contribution is -2.41. The van der Waals surface area contributed by atoms with Gasteiger partial charge < -0.3 is 14.4 Å². The van der Waals surface area contributed by atoms with Gasteiger partial charge >= 0.3 is 0 Å². The minimum atomic E-state index is -0.432. The number of morpholine rings is 1. The molecule has 3 amide bonds. The van der Waals surface area contributed by atoms with E-state index < -0.39 is 5.25 Å². The molecule has 7 nitrogen and oxygen atoms in total. The SMILES string of the molecule is Cc1cc(C)cc(C=C(C(=O)N2CCOCC2)c2ccc(Oc3cccc(CC4SC(=O)NC4=O)c3)cc2)c1. The molecule has 2 saturated heterocycles. The number of hydrogen-bond acceptors (Lipinski definition) is 6. The number of rotatable bonds is 7. The monoisotopic (exact) mass is 542 g/mol. The van der Waals surface area contributed by atoms with E-state index in [0.29, 0.717) is 49.8 Å². The molecule has 8 heteroatoms. The van der Waals surface area contributed by atoms with Gasteiger partial charge in [0.05, 0.1) is 18.5 Å². The van der Waals surface area contributed by atoms with Gasteiger partial charge in [0.25, 0.3) is 11.1 Å². The third-order valence-corrected chi connectivity index (χ3v) is 7.55. The minimum absolute atomic E-state index is 0.0221. The second-order valence-corrected chi connectivity index (χ2v) is 10.9. The van der Waals surface area contributed by atoms with Gasteiger partial charge in [-0.05, 0) is 67.3 Å². The normalized spacial score (nSPS) is 17.7. The molecule has 0 aromatic heterocycles. The number of benzene rings is 3. The molecule has 1 unspecified atom stereocenters. The number of aryl methyl sites for hydroxylation is 2. The maximum absolute atomic E-state index is 13.6. The van der Waals surface area contributed by atoms with Gasteiger partial charge in [-0.15, -0.1) is 0 Å². The minimum Gasteiger partial charge on any atom is -0.457 e. The smallest absolute Gasteiger partial charge is 0.286 e. The van der Waals surface area contributed by atoms with Gasteiger partial charge in [-0.3, -0.25) is 19.7 Å². The molecule has 2 heterocycles. The van der Waals surface area contributed by atoms with Crippen LogP contribution in [0.25, 0.3) is 11.6 Å². The van der Waals surface area contributed by atoms with Crippen molar-refractivity contribution in [1.29, 1.82) is 0 Å². The summed E-state index contributed by atoms with van der Waals surface area (Å²) in [5.74, 6) is 0.975. The van der Waals surface area contributed by atoms with Crippen LogP contribution in [0.5, 0.6) is 11.5 Å². The summed E-state index contributed by atoms with van der Waals surface area (Å²) in [7, 11) is 0. The Morgan fingerprint density at radius 1 is 1.00 bits per heavy atom. The molecule has 3 aromatic rings. The van der Waals surface area contributed by atoms with Crippen molar-refractivity contribution in [2.45, 2.75) is 25.5 Å². The topological polar surface area (TPSA) is 84.9 Å². The Labute approximate surface area is 232 Å². The van der Waals surface area contributed by atoms with Crippen molar-refractivity contribution in [3.63, 3.8) is 0 Å². The van der Waals surface area contributed by atoms with Crippen LogP contribution in [0.2, 0.25) is 0 Å². The van der Waals surface area contributed by atoms with E-state index in [0.717, 1.165) is 39.6 Å². The number of imide groups is 1. The van der Waals surface area contributed by atoms with E-state index in [1.54, 1.807) is 0 Å². The van der Waals surface area contributed by atoms with E-state index in [4.69, 9.17) is 9.47 Å². The van der Waals surface area contributed by atoms with Crippen molar-refractivity contribution < 1.29 is 23.9 Å². The van der Waals surface area contributed by atoms with Crippen LogP contribution >= 0.6 is 11.8 Å². The first-order valence-electron chi connectivity index (χ1n) is 12.9. The van der Waals surface area contributed by atoms with E-state index in [2.05, 4.69) is 37.4 Å². The van der Waals surface area contributed by atoms with E-state index in [-0.39, 0.29) is 17.1 Å². The van der Waals surface area contributed by atoms with Crippen molar-refractivity contribution in [2.24, 2.45) is 0 Å². The zero-order valence-electron chi connectivity index (χ0n) is 21.9. The molecule has 0 bridgehead atoms. The van der Waals surface area contributed by atoms with Gasteiger partial charge in [0.2, 0.25) is 5.91 Å². The van der Waals surface area contributed by atoms with Crippen LogP contribution in [0, 0.1) is 13.8 Å². The van der Waals surface area contributed by atoms with Crippen molar-refractivity contribution in [2.75, 3.05) is 26.3 Å². The van der Waals surface area contributed by atoms with E-state index in [9.17, 15) is 14.4 Å². The third-order valence-electron chi connectivity index (χ3n) is 6.57. The first-order chi connectivity index (χ1) is 18.8. The highest BCUT2D eigenvalue weighted by Crippen LogP contribution is 2.29. The first-order valence-corrected chi connectivity index (χ1v) is 13.8. The molecule has 0 saturated carbocycles. The second-order valence-electron chi connectivity index (χ2n) is 9.74. The molecule has 0 aliphatic carbocycles. The fourth-order valence-corrected chi connectivity index (χ4v) is 5.64. The number of ether oxygens (including phenoxy) is 2. The van der Waals surface area contributed by atoms with Crippen molar-refractivity contribution in [3.05, 3.63) is 94.5 Å². The highest BCUT2D eigenvalue weighted by Gasteiger charge is 2.31. The van der Waals surface area contributed by atoms with Crippen LogP contribution in [0.4, 0.5) is 4.79 Å². The highest BCUT2D eigenvalue weighted by atomic mass is 32.2. The number of amides is 3. The molecule has 1 N–H and O–H groups in total. The molecule has 3 aromatic carbocycles. The van der Waals surface area contributed by atoms with Gasteiger partial charge in [0.1, 0.15) is 11.5 Å². The van der Waals surface area contributed by atoms with Crippen LogP contribution in [-0.2, 0) is 20.7 Å². The molecular formula is C31H30N2O5S. The Bertz CT molecular complexity index is 1410. The molecule has 0 spiro atoms. The average Bonchev–Trinajstić information content (AvgIpc) is 3.23. The summed E-state index contributed by atoms with van der Waals surface area (Å²) in [6, 6.07) is 21.3. The Kier molecular flexibility index (Phi) is 8.14. The summed E-state index contributed by atoms with van der Waals surface area (Å²) in [5, 5.41) is 1.58.